The van der Waals surface area contributed by atoms with E-state index < -0.39 is 0 Å². The van der Waals surface area contributed by atoms with Gasteiger partial charge in [0.05, 0.1) is 23.8 Å². The summed E-state index contributed by atoms with van der Waals surface area (Å²) in [7, 11) is 0. The highest BCUT2D eigenvalue weighted by Gasteiger charge is 2.20. The molecular weight excluding hydrogens is 345 g/mol. The van der Waals surface area contributed by atoms with Crippen molar-refractivity contribution in [3.63, 3.8) is 0 Å². The quantitative estimate of drug-likeness (QED) is 0.623. The van der Waals surface area contributed by atoms with Crippen LogP contribution in [-0.4, -0.2) is 30.3 Å². The van der Waals surface area contributed by atoms with Gasteiger partial charge < -0.3 is 0 Å². The number of aryl methyl sites for hydroxylation is 2. The third-order valence-corrected chi connectivity index (χ3v) is 4.67. The Bertz CT molecular complexity index is 971. The summed E-state index contributed by atoms with van der Waals surface area (Å²) in [4.78, 5) is 16.4. The van der Waals surface area contributed by atoms with Crippen LogP contribution in [-0.2, 0) is 13.0 Å². The molecule has 0 aliphatic rings. The van der Waals surface area contributed by atoms with Gasteiger partial charge in [-0.05, 0) is 52.3 Å². The van der Waals surface area contributed by atoms with Crippen LogP contribution < -0.4 is 0 Å². The molecule has 7 heteroatoms. The second-order valence-corrected chi connectivity index (χ2v) is 6.96. The lowest BCUT2D eigenvalue weighted by Gasteiger charge is -2.15. The van der Waals surface area contributed by atoms with Crippen molar-refractivity contribution in [2.45, 2.75) is 53.6 Å². The lowest BCUT2D eigenvalue weighted by molar-refractivity contribution is 0.101. The summed E-state index contributed by atoms with van der Waals surface area (Å²) >= 11 is 0. The molecule has 0 bridgehead atoms. The van der Waals surface area contributed by atoms with Gasteiger partial charge >= 0.3 is 0 Å². The molecule has 0 aliphatic carbocycles. The maximum atomic E-state index is 13.1. The zero-order valence-corrected chi connectivity index (χ0v) is 16.3. The Hall–Kier alpha value is -2.83. The van der Waals surface area contributed by atoms with Crippen molar-refractivity contribution in [3.8, 4) is 0 Å². The molecule has 1 unspecified atom stereocenters. The molecule has 0 radical (unpaired) electrons. The Kier molecular flexibility index (Phi) is 5.21. The summed E-state index contributed by atoms with van der Waals surface area (Å²) < 4.78 is 16.9. The first kappa shape index (κ1) is 18.9. The molecule has 3 rings (SSSR count). The molecule has 27 heavy (non-hydrogen) atoms. The summed E-state index contributed by atoms with van der Waals surface area (Å²) in [5.74, 6) is 1.30. The number of ketones is 1. The maximum Gasteiger partial charge on any atom is 0.163 e. The number of carbonyl (C=O) groups excluding carboxylic acids is 1. The average molecular weight is 369 g/mol. The molecule has 0 saturated carbocycles. The van der Waals surface area contributed by atoms with Crippen LogP contribution in [0.1, 0.15) is 58.8 Å². The SMILES string of the molecule is CC(=O)c1c(C)nn(C(C)Cc2nc(C)nn2Cc2ccc(F)cc2)c1C. The van der Waals surface area contributed by atoms with E-state index in [1.165, 1.54) is 12.1 Å². The number of nitrogens with zero attached hydrogens (tertiary/aromatic N) is 5. The molecule has 0 fully saturated rings. The van der Waals surface area contributed by atoms with Crippen molar-refractivity contribution in [1.82, 2.24) is 24.5 Å². The number of halogens is 1. The van der Waals surface area contributed by atoms with Crippen LogP contribution >= 0.6 is 0 Å². The number of Topliss-reactive ketones (excluding diaryl/α,β-unsaturated/α-hetero) is 1. The lowest BCUT2D eigenvalue weighted by atomic mass is 10.1. The molecule has 0 aliphatic heterocycles. The Morgan fingerprint density at radius 1 is 1.15 bits per heavy atom. The summed E-state index contributed by atoms with van der Waals surface area (Å²) in [6, 6.07) is 6.41. The van der Waals surface area contributed by atoms with Gasteiger partial charge in [0.1, 0.15) is 17.5 Å². The summed E-state index contributed by atoms with van der Waals surface area (Å²) in [6.45, 7) is 9.77. The molecule has 3 aromatic rings. The van der Waals surface area contributed by atoms with Crippen molar-refractivity contribution in [3.05, 3.63) is 64.2 Å². The maximum absolute atomic E-state index is 13.1. The highest BCUT2D eigenvalue weighted by atomic mass is 19.1. The van der Waals surface area contributed by atoms with Gasteiger partial charge in [-0.25, -0.2) is 14.1 Å². The molecule has 0 saturated heterocycles. The number of benzene rings is 1. The lowest BCUT2D eigenvalue weighted by Crippen LogP contribution is -2.16. The molecule has 142 valence electrons. The van der Waals surface area contributed by atoms with E-state index in [1.54, 1.807) is 19.1 Å². The topological polar surface area (TPSA) is 65.6 Å². The zero-order valence-electron chi connectivity index (χ0n) is 16.3. The van der Waals surface area contributed by atoms with E-state index >= 15 is 0 Å². The minimum absolute atomic E-state index is 0.0207. The first-order chi connectivity index (χ1) is 12.8. The van der Waals surface area contributed by atoms with Crippen LogP contribution in [0.5, 0.6) is 0 Å². The Labute approximate surface area is 158 Å². The molecule has 2 aromatic heterocycles. The first-order valence-electron chi connectivity index (χ1n) is 8.97. The zero-order chi connectivity index (χ0) is 19.7. The first-order valence-corrected chi connectivity index (χ1v) is 8.97. The summed E-state index contributed by atoms with van der Waals surface area (Å²) in [5.41, 5.74) is 3.26. The number of carbonyl (C=O) groups is 1. The van der Waals surface area contributed by atoms with Gasteiger partial charge in [-0.15, -0.1) is 0 Å². The van der Waals surface area contributed by atoms with Crippen LogP contribution in [0.4, 0.5) is 4.39 Å². The van der Waals surface area contributed by atoms with Crippen molar-refractivity contribution >= 4 is 5.78 Å². The monoisotopic (exact) mass is 369 g/mol. The smallest absolute Gasteiger partial charge is 0.163 e. The van der Waals surface area contributed by atoms with Crippen molar-refractivity contribution in [1.29, 1.82) is 0 Å². The summed E-state index contributed by atoms with van der Waals surface area (Å²) in [6.07, 6.45) is 0.626. The van der Waals surface area contributed by atoms with Crippen LogP contribution in [0.25, 0.3) is 0 Å². The molecule has 0 spiro atoms. The number of hydrogen-bond acceptors (Lipinski definition) is 4. The van der Waals surface area contributed by atoms with Crippen molar-refractivity contribution < 1.29 is 9.18 Å². The fourth-order valence-electron chi connectivity index (χ4n) is 3.49. The largest absolute Gasteiger partial charge is 0.294 e. The van der Waals surface area contributed by atoms with Crippen LogP contribution in [0.3, 0.4) is 0 Å². The van der Waals surface area contributed by atoms with E-state index in [0.29, 0.717) is 24.4 Å². The summed E-state index contributed by atoms with van der Waals surface area (Å²) in [5, 5.41) is 9.03. The van der Waals surface area contributed by atoms with Gasteiger partial charge in [0.25, 0.3) is 0 Å². The average Bonchev–Trinajstić information content (AvgIpc) is 3.08. The Morgan fingerprint density at radius 2 is 1.81 bits per heavy atom. The van der Waals surface area contributed by atoms with Gasteiger partial charge in [-0.1, -0.05) is 12.1 Å². The standard InChI is InChI=1S/C20H24FN5O/c1-12(26-14(3)20(15(4)27)13(2)23-26)10-19-22-16(5)24-25(19)11-17-6-8-18(21)9-7-17/h6-9,12H,10-11H2,1-5H3. The van der Waals surface area contributed by atoms with Crippen molar-refractivity contribution in [2.75, 3.05) is 0 Å². The molecule has 6 nitrogen and oxygen atoms in total. The predicted molar refractivity (Wildman–Crippen MR) is 100 cm³/mol. The second-order valence-electron chi connectivity index (χ2n) is 6.96. The molecule has 2 heterocycles. The highest BCUT2D eigenvalue weighted by Crippen LogP contribution is 2.21. The van der Waals surface area contributed by atoms with Gasteiger partial charge in [0, 0.05) is 12.1 Å². The highest BCUT2D eigenvalue weighted by molar-refractivity contribution is 5.96. The second kappa shape index (κ2) is 7.42. The van der Waals surface area contributed by atoms with Crippen molar-refractivity contribution in [2.24, 2.45) is 0 Å². The third-order valence-electron chi connectivity index (χ3n) is 4.67. The molecular formula is C20H24FN5O. The Morgan fingerprint density at radius 3 is 2.41 bits per heavy atom. The minimum Gasteiger partial charge on any atom is -0.294 e. The van der Waals surface area contributed by atoms with Gasteiger partial charge in [-0.2, -0.15) is 10.2 Å². The van der Waals surface area contributed by atoms with Gasteiger partial charge in [0.2, 0.25) is 0 Å². The van der Waals surface area contributed by atoms with Crippen LogP contribution in [0.2, 0.25) is 0 Å². The van der Waals surface area contributed by atoms with Gasteiger partial charge in [-0.3, -0.25) is 9.48 Å². The van der Waals surface area contributed by atoms with Crippen LogP contribution in [0, 0.1) is 26.6 Å². The van der Waals surface area contributed by atoms with Gasteiger partial charge in [0.15, 0.2) is 5.78 Å². The fraction of sp³-hybridized carbons (Fsp3) is 0.400. The molecule has 1 aromatic carbocycles. The molecule has 0 N–H and O–H groups in total. The van der Waals surface area contributed by atoms with E-state index in [0.717, 1.165) is 22.8 Å². The minimum atomic E-state index is -0.256. The number of hydrogen-bond donors (Lipinski definition) is 0. The van der Waals surface area contributed by atoms with E-state index in [2.05, 4.69) is 22.1 Å². The third kappa shape index (κ3) is 3.97. The van der Waals surface area contributed by atoms with E-state index in [4.69, 9.17) is 0 Å². The fourth-order valence-corrected chi connectivity index (χ4v) is 3.49. The number of aromatic nitrogens is 5. The number of rotatable bonds is 6. The molecule has 0 amide bonds. The molecule has 1 atom stereocenters. The normalized spacial score (nSPS) is 12.4. The Balaban J connectivity index is 1.85. The van der Waals surface area contributed by atoms with E-state index in [1.807, 2.05) is 30.1 Å². The van der Waals surface area contributed by atoms with E-state index in [9.17, 15) is 9.18 Å². The predicted octanol–water partition coefficient (Wildman–Crippen LogP) is 3.59. The van der Waals surface area contributed by atoms with E-state index in [-0.39, 0.29) is 17.6 Å². The van der Waals surface area contributed by atoms with Crippen LogP contribution in [0.15, 0.2) is 24.3 Å².